The van der Waals surface area contributed by atoms with Gasteiger partial charge in [-0.25, -0.2) is 0 Å². The smallest absolute Gasteiger partial charge is 0.276 e. The Morgan fingerprint density at radius 3 is 2.44 bits per heavy atom. The number of halogens is 1. The Morgan fingerprint density at radius 2 is 1.84 bits per heavy atom. The molecule has 0 aromatic heterocycles. The minimum absolute atomic E-state index is 0.00838. The van der Waals surface area contributed by atoms with Crippen molar-refractivity contribution in [1.82, 2.24) is 10.9 Å². The highest BCUT2D eigenvalue weighted by Gasteiger charge is 2.21. The van der Waals surface area contributed by atoms with Crippen molar-refractivity contribution in [3.63, 3.8) is 0 Å². The fourth-order valence-electron chi connectivity index (χ4n) is 2.86. The van der Waals surface area contributed by atoms with Gasteiger partial charge in [0.15, 0.2) is 6.61 Å². The first-order chi connectivity index (χ1) is 11.8. The summed E-state index contributed by atoms with van der Waals surface area (Å²) in [6, 6.07) is 5.83. The van der Waals surface area contributed by atoms with Crippen LogP contribution in [0.3, 0.4) is 0 Å². The molecule has 0 unspecified atom stereocenters. The average Bonchev–Trinajstić information content (AvgIpc) is 2.58. The summed E-state index contributed by atoms with van der Waals surface area (Å²) in [5, 5.41) is 0. The van der Waals surface area contributed by atoms with Crippen LogP contribution in [-0.4, -0.2) is 18.4 Å². The number of amides is 2. The maximum atomic E-state index is 12.0. The first-order valence-electron chi connectivity index (χ1n) is 8.79. The number of hydrogen-bond acceptors (Lipinski definition) is 3. The second-order valence-electron chi connectivity index (χ2n) is 7.56. The Balaban J connectivity index is 1.79. The molecule has 2 amide bonds. The van der Waals surface area contributed by atoms with E-state index in [0.29, 0.717) is 5.75 Å². The molecule has 0 saturated heterocycles. The summed E-state index contributed by atoms with van der Waals surface area (Å²) in [6.45, 7) is 6.26. The van der Waals surface area contributed by atoms with Crippen LogP contribution in [0.4, 0.5) is 0 Å². The molecule has 1 aliphatic rings. The molecule has 25 heavy (non-hydrogen) atoms. The SMILES string of the molecule is CC(C)(C)c1ccc(OCC(=O)NNC(=O)C2CCCCC2)c(Br)c1. The quantitative estimate of drug-likeness (QED) is 0.740. The second kappa shape index (κ2) is 8.70. The lowest BCUT2D eigenvalue weighted by Gasteiger charge is -2.21. The lowest BCUT2D eigenvalue weighted by Crippen LogP contribution is -2.46. The Labute approximate surface area is 158 Å². The molecule has 1 saturated carbocycles. The maximum Gasteiger partial charge on any atom is 0.276 e. The Bertz CT molecular complexity index is 620. The minimum Gasteiger partial charge on any atom is -0.483 e. The molecule has 1 aromatic rings. The van der Waals surface area contributed by atoms with Crippen molar-refractivity contribution in [3.8, 4) is 5.75 Å². The fourth-order valence-corrected chi connectivity index (χ4v) is 3.36. The van der Waals surface area contributed by atoms with E-state index >= 15 is 0 Å². The molecule has 2 rings (SSSR count). The van der Waals surface area contributed by atoms with E-state index in [0.717, 1.165) is 30.2 Å². The third-order valence-corrected chi connectivity index (χ3v) is 5.08. The largest absolute Gasteiger partial charge is 0.483 e. The van der Waals surface area contributed by atoms with Crippen molar-refractivity contribution in [2.45, 2.75) is 58.3 Å². The predicted molar refractivity (Wildman–Crippen MR) is 101 cm³/mol. The van der Waals surface area contributed by atoms with Crippen LogP contribution in [-0.2, 0) is 15.0 Å². The zero-order valence-electron chi connectivity index (χ0n) is 15.2. The zero-order chi connectivity index (χ0) is 18.4. The van der Waals surface area contributed by atoms with E-state index in [1.165, 1.54) is 12.0 Å². The lowest BCUT2D eigenvalue weighted by molar-refractivity contribution is -0.132. The third-order valence-electron chi connectivity index (χ3n) is 4.46. The minimum atomic E-state index is -0.379. The highest BCUT2D eigenvalue weighted by molar-refractivity contribution is 9.10. The summed E-state index contributed by atoms with van der Waals surface area (Å²) in [6.07, 6.45) is 5.13. The van der Waals surface area contributed by atoms with Crippen molar-refractivity contribution in [2.75, 3.05) is 6.61 Å². The maximum absolute atomic E-state index is 12.0. The van der Waals surface area contributed by atoms with Gasteiger partial charge in [-0.3, -0.25) is 20.4 Å². The molecule has 0 spiro atoms. The zero-order valence-corrected chi connectivity index (χ0v) is 16.7. The Morgan fingerprint density at radius 1 is 1.16 bits per heavy atom. The number of hydrogen-bond donors (Lipinski definition) is 2. The predicted octanol–water partition coefficient (Wildman–Crippen LogP) is 3.85. The van der Waals surface area contributed by atoms with Crippen LogP contribution < -0.4 is 15.6 Å². The molecular weight excluding hydrogens is 384 g/mol. The summed E-state index contributed by atoms with van der Waals surface area (Å²) in [5.41, 5.74) is 6.15. The van der Waals surface area contributed by atoms with Crippen LogP contribution in [0.2, 0.25) is 0 Å². The second-order valence-corrected chi connectivity index (χ2v) is 8.41. The van der Waals surface area contributed by atoms with Gasteiger partial charge in [-0.2, -0.15) is 0 Å². The number of benzene rings is 1. The van der Waals surface area contributed by atoms with Gasteiger partial charge in [-0.1, -0.05) is 46.1 Å². The van der Waals surface area contributed by atoms with Crippen LogP contribution in [0, 0.1) is 5.92 Å². The summed E-state index contributed by atoms with van der Waals surface area (Å²) in [4.78, 5) is 23.9. The van der Waals surface area contributed by atoms with Crippen molar-refractivity contribution >= 4 is 27.7 Å². The van der Waals surface area contributed by atoms with E-state index in [9.17, 15) is 9.59 Å². The number of rotatable bonds is 4. The van der Waals surface area contributed by atoms with Gasteiger partial charge in [0.05, 0.1) is 4.47 Å². The van der Waals surface area contributed by atoms with Gasteiger partial charge in [0, 0.05) is 5.92 Å². The van der Waals surface area contributed by atoms with E-state index in [1.54, 1.807) is 0 Å². The van der Waals surface area contributed by atoms with E-state index in [1.807, 2.05) is 18.2 Å². The van der Waals surface area contributed by atoms with Crippen LogP contribution in [0.25, 0.3) is 0 Å². The monoisotopic (exact) mass is 410 g/mol. The van der Waals surface area contributed by atoms with Gasteiger partial charge in [0.2, 0.25) is 5.91 Å². The molecule has 138 valence electrons. The van der Waals surface area contributed by atoms with Crippen LogP contribution in [0.5, 0.6) is 5.75 Å². The van der Waals surface area contributed by atoms with E-state index in [2.05, 4.69) is 47.6 Å². The molecule has 0 aliphatic heterocycles. The number of ether oxygens (including phenoxy) is 1. The number of carbonyl (C=O) groups excluding carboxylic acids is 2. The van der Waals surface area contributed by atoms with E-state index in [4.69, 9.17) is 4.74 Å². The summed E-state index contributed by atoms with van der Waals surface area (Å²) in [5.74, 6) is 0.121. The summed E-state index contributed by atoms with van der Waals surface area (Å²) >= 11 is 3.48. The first-order valence-corrected chi connectivity index (χ1v) is 9.58. The molecule has 1 aliphatic carbocycles. The standard InChI is InChI=1S/C19H27BrN2O3/c1-19(2,3)14-9-10-16(15(20)11-14)25-12-17(23)21-22-18(24)13-7-5-4-6-8-13/h9-11,13H,4-8,12H2,1-3H3,(H,21,23)(H,22,24). The van der Waals surface area contributed by atoms with Gasteiger partial charge < -0.3 is 4.74 Å². The third kappa shape index (κ3) is 6.03. The summed E-state index contributed by atoms with van der Waals surface area (Å²) < 4.78 is 6.34. The lowest BCUT2D eigenvalue weighted by atomic mass is 9.87. The normalized spacial score (nSPS) is 15.5. The fraction of sp³-hybridized carbons (Fsp3) is 0.579. The number of hydrazine groups is 1. The molecule has 0 bridgehead atoms. The number of carbonyl (C=O) groups is 2. The van der Waals surface area contributed by atoms with Crippen LogP contribution >= 0.6 is 15.9 Å². The molecule has 2 N–H and O–H groups in total. The topological polar surface area (TPSA) is 67.4 Å². The molecule has 6 heteroatoms. The van der Waals surface area contributed by atoms with Gasteiger partial charge in [-0.15, -0.1) is 0 Å². The molecular formula is C19H27BrN2O3. The Hall–Kier alpha value is -1.56. The van der Waals surface area contributed by atoms with Crippen LogP contribution in [0.1, 0.15) is 58.4 Å². The van der Waals surface area contributed by atoms with Crippen molar-refractivity contribution in [2.24, 2.45) is 5.92 Å². The highest BCUT2D eigenvalue weighted by Crippen LogP contribution is 2.31. The molecule has 0 radical (unpaired) electrons. The highest BCUT2D eigenvalue weighted by atomic mass is 79.9. The van der Waals surface area contributed by atoms with Gasteiger partial charge in [0.25, 0.3) is 5.91 Å². The molecule has 0 atom stereocenters. The van der Waals surface area contributed by atoms with Crippen molar-refractivity contribution < 1.29 is 14.3 Å². The van der Waals surface area contributed by atoms with Gasteiger partial charge in [0.1, 0.15) is 5.75 Å². The Kier molecular flexibility index (Phi) is 6.87. The van der Waals surface area contributed by atoms with Crippen molar-refractivity contribution in [1.29, 1.82) is 0 Å². The molecule has 0 heterocycles. The number of nitrogens with one attached hydrogen (secondary N) is 2. The van der Waals surface area contributed by atoms with E-state index < -0.39 is 0 Å². The molecule has 1 fully saturated rings. The average molecular weight is 411 g/mol. The first kappa shape index (κ1) is 19.8. The van der Waals surface area contributed by atoms with Crippen molar-refractivity contribution in [3.05, 3.63) is 28.2 Å². The van der Waals surface area contributed by atoms with Gasteiger partial charge >= 0.3 is 0 Å². The molecule has 5 nitrogen and oxygen atoms in total. The van der Waals surface area contributed by atoms with Crippen LogP contribution in [0.15, 0.2) is 22.7 Å². The molecule has 1 aromatic carbocycles. The van der Waals surface area contributed by atoms with Gasteiger partial charge in [-0.05, 0) is 51.9 Å². The van der Waals surface area contributed by atoms with E-state index in [-0.39, 0.29) is 29.8 Å². The summed E-state index contributed by atoms with van der Waals surface area (Å²) in [7, 11) is 0.